The van der Waals surface area contributed by atoms with E-state index in [0.29, 0.717) is 5.56 Å². The first-order chi connectivity index (χ1) is 7.82. The molecule has 2 atom stereocenters. The van der Waals surface area contributed by atoms with Crippen LogP contribution in [0.3, 0.4) is 0 Å². The van der Waals surface area contributed by atoms with Crippen molar-refractivity contribution in [3.05, 3.63) is 17.0 Å². The van der Waals surface area contributed by atoms with Gasteiger partial charge in [0.05, 0.1) is 11.3 Å². The van der Waals surface area contributed by atoms with Crippen molar-refractivity contribution in [1.29, 1.82) is 0 Å². The lowest BCUT2D eigenvalue weighted by atomic mass is 10.1. The summed E-state index contributed by atoms with van der Waals surface area (Å²) in [5.74, 6) is -0.0714. The van der Waals surface area contributed by atoms with E-state index in [1.807, 2.05) is 34.7 Å². The molecule has 1 heterocycles. The summed E-state index contributed by atoms with van der Waals surface area (Å²) in [4.78, 5) is 12.1. The molecule has 1 aromatic heterocycles. The molecule has 4 nitrogen and oxygen atoms in total. The third-order valence-electron chi connectivity index (χ3n) is 2.79. The molecule has 0 aromatic carbocycles. The quantitative estimate of drug-likeness (QED) is 0.841. The highest BCUT2D eigenvalue weighted by atomic mass is 35.5. The number of nitrogens with zero attached hydrogens (tertiary/aromatic N) is 2. The molecule has 1 rings (SSSR count). The van der Waals surface area contributed by atoms with E-state index in [1.165, 1.54) is 0 Å². The first kappa shape index (κ1) is 14.0. The average Bonchev–Trinajstić information content (AvgIpc) is 2.39. The van der Waals surface area contributed by atoms with Crippen molar-refractivity contribution in [3.8, 4) is 0 Å². The minimum absolute atomic E-state index is 0.0568. The Kier molecular flexibility index (Phi) is 4.57. The van der Waals surface area contributed by atoms with Crippen molar-refractivity contribution in [2.75, 3.05) is 0 Å². The zero-order valence-corrected chi connectivity index (χ0v) is 11.8. The van der Waals surface area contributed by atoms with Gasteiger partial charge in [0.15, 0.2) is 0 Å². The van der Waals surface area contributed by atoms with Crippen LogP contribution in [0.1, 0.15) is 42.0 Å². The number of halogens is 1. The number of alkyl halides is 1. The predicted octanol–water partition coefficient (Wildman–Crippen LogP) is 2.17. The normalized spacial score (nSPS) is 14.5. The van der Waals surface area contributed by atoms with Gasteiger partial charge >= 0.3 is 0 Å². The highest BCUT2D eigenvalue weighted by molar-refractivity contribution is 6.20. The molecule has 0 aliphatic carbocycles. The molecule has 0 spiro atoms. The molecule has 96 valence electrons. The van der Waals surface area contributed by atoms with Gasteiger partial charge < -0.3 is 5.32 Å². The highest BCUT2D eigenvalue weighted by Crippen LogP contribution is 2.12. The summed E-state index contributed by atoms with van der Waals surface area (Å²) in [6.45, 7) is 7.61. The SMILES string of the molecule is Cc1nn(C)c(C)c1C(=O)NC(C)CC(C)Cl. The van der Waals surface area contributed by atoms with Gasteiger partial charge in [0, 0.05) is 24.2 Å². The molecule has 17 heavy (non-hydrogen) atoms. The third kappa shape index (κ3) is 3.46. The second-order valence-corrected chi connectivity index (χ2v) is 5.31. The van der Waals surface area contributed by atoms with Crippen LogP contribution in [0.4, 0.5) is 0 Å². The monoisotopic (exact) mass is 257 g/mol. The fraction of sp³-hybridized carbons (Fsp3) is 0.667. The fourth-order valence-electron chi connectivity index (χ4n) is 1.94. The maximum atomic E-state index is 12.1. The van der Waals surface area contributed by atoms with Gasteiger partial charge in [0.2, 0.25) is 0 Å². The first-order valence-electron chi connectivity index (χ1n) is 5.78. The van der Waals surface area contributed by atoms with Gasteiger partial charge in [-0.05, 0) is 34.1 Å². The van der Waals surface area contributed by atoms with Crippen LogP contribution < -0.4 is 5.32 Å². The molecule has 0 aliphatic heterocycles. The van der Waals surface area contributed by atoms with Crippen LogP contribution in [0.25, 0.3) is 0 Å². The summed E-state index contributed by atoms with van der Waals surface area (Å²) in [6.07, 6.45) is 0.756. The van der Waals surface area contributed by atoms with Crippen molar-refractivity contribution in [2.24, 2.45) is 7.05 Å². The topological polar surface area (TPSA) is 46.9 Å². The standard InChI is InChI=1S/C12H20ClN3O/c1-7(13)6-8(2)14-12(17)11-9(3)15-16(5)10(11)4/h7-8H,6H2,1-5H3,(H,14,17). The van der Waals surface area contributed by atoms with E-state index in [9.17, 15) is 4.79 Å². The van der Waals surface area contributed by atoms with Gasteiger partial charge in [-0.3, -0.25) is 9.48 Å². The van der Waals surface area contributed by atoms with Gasteiger partial charge in [-0.2, -0.15) is 5.10 Å². The van der Waals surface area contributed by atoms with Crippen molar-refractivity contribution in [3.63, 3.8) is 0 Å². The summed E-state index contributed by atoms with van der Waals surface area (Å²) in [6, 6.07) is 0.0639. The zero-order valence-electron chi connectivity index (χ0n) is 11.0. The number of aryl methyl sites for hydroxylation is 2. The van der Waals surface area contributed by atoms with Gasteiger partial charge in [0.1, 0.15) is 0 Å². The molecule has 1 aromatic rings. The predicted molar refractivity (Wildman–Crippen MR) is 69.5 cm³/mol. The molecule has 0 aliphatic rings. The second kappa shape index (κ2) is 5.54. The van der Waals surface area contributed by atoms with Crippen LogP contribution in [-0.2, 0) is 7.05 Å². The average molecular weight is 258 g/mol. The van der Waals surface area contributed by atoms with Crippen molar-refractivity contribution in [1.82, 2.24) is 15.1 Å². The number of amides is 1. The maximum absolute atomic E-state index is 12.1. The second-order valence-electron chi connectivity index (χ2n) is 4.56. The van der Waals surface area contributed by atoms with Gasteiger partial charge in [-0.25, -0.2) is 0 Å². The Labute approximate surface area is 107 Å². The zero-order chi connectivity index (χ0) is 13.2. The Morgan fingerprint density at radius 2 is 2.06 bits per heavy atom. The van der Waals surface area contributed by atoms with Crippen molar-refractivity contribution < 1.29 is 4.79 Å². The molecule has 0 saturated carbocycles. The molecule has 5 heteroatoms. The van der Waals surface area contributed by atoms with Crippen LogP contribution in [0.15, 0.2) is 0 Å². The van der Waals surface area contributed by atoms with Gasteiger partial charge in [-0.15, -0.1) is 11.6 Å². The number of carbonyl (C=O) groups is 1. The lowest BCUT2D eigenvalue weighted by Crippen LogP contribution is -2.34. The van der Waals surface area contributed by atoms with E-state index in [0.717, 1.165) is 17.8 Å². The lowest BCUT2D eigenvalue weighted by Gasteiger charge is -2.15. The number of carbonyl (C=O) groups excluding carboxylic acids is 1. The fourth-order valence-corrected chi connectivity index (χ4v) is 2.21. The van der Waals surface area contributed by atoms with Gasteiger partial charge in [-0.1, -0.05) is 0 Å². The molecule has 0 saturated heterocycles. The minimum atomic E-state index is -0.0714. The van der Waals surface area contributed by atoms with E-state index in [-0.39, 0.29) is 17.3 Å². The minimum Gasteiger partial charge on any atom is -0.349 e. The van der Waals surface area contributed by atoms with E-state index < -0.39 is 0 Å². The molecule has 0 radical (unpaired) electrons. The summed E-state index contributed by atoms with van der Waals surface area (Å²) >= 11 is 5.90. The van der Waals surface area contributed by atoms with Crippen LogP contribution >= 0.6 is 11.6 Å². The number of hydrogen-bond acceptors (Lipinski definition) is 2. The largest absolute Gasteiger partial charge is 0.349 e. The Morgan fingerprint density at radius 1 is 1.47 bits per heavy atom. The van der Waals surface area contributed by atoms with Crippen LogP contribution in [0, 0.1) is 13.8 Å². The Balaban J connectivity index is 2.76. The molecule has 1 N–H and O–H groups in total. The van der Waals surface area contributed by atoms with E-state index in [1.54, 1.807) is 4.68 Å². The maximum Gasteiger partial charge on any atom is 0.255 e. The van der Waals surface area contributed by atoms with Crippen LogP contribution in [0.5, 0.6) is 0 Å². The number of aromatic nitrogens is 2. The molecule has 0 fully saturated rings. The highest BCUT2D eigenvalue weighted by Gasteiger charge is 2.19. The third-order valence-corrected chi connectivity index (χ3v) is 2.97. The summed E-state index contributed by atoms with van der Waals surface area (Å²) in [7, 11) is 1.84. The Bertz CT molecular complexity index is 412. The summed E-state index contributed by atoms with van der Waals surface area (Å²) < 4.78 is 1.72. The number of hydrogen-bond donors (Lipinski definition) is 1. The first-order valence-corrected chi connectivity index (χ1v) is 6.21. The molecule has 0 bridgehead atoms. The molecule has 2 unspecified atom stereocenters. The molecular formula is C12H20ClN3O. The van der Waals surface area contributed by atoms with Gasteiger partial charge in [0.25, 0.3) is 5.91 Å². The van der Waals surface area contributed by atoms with E-state index >= 15 is 0 Å². The molecular weight excluding hydrogens is 238 g/mol. The summed E-state index contributed by atoms with van der Waals surface area (Å²) in [5.41, 5.74) is 2.31. The van der Waals surface area contributed by atoms with E-state index in [2.05, 4.69) is 10.4 Å². The lowest BCUT2D eigenvalue weighted by molar-refractivity contribution is 0.0937. The Hall–Kier alpha value is -1.03. The van der Waals surface area contributed by atoms with E-state index in [4.69, 9.17) is 11.6 Å². The smallest absolute Gasteiger partial charge is 0.255 e. The Morgan fingerprint density at radius 3 is 2.47 bits per heavy atom. The molecule has 1 amide bonds. The number of rotatable bonds is 4. The van der Waals surface area contributed by atoms with Crippen molar-refractivity contribution >= 4 is 17.5 Å². The van der Waals surface area contributed by atoms with Crippen molar-refractivity contribution in [2.45, 2.75) is 45.5 Å². The summed E-state index contributed by atoms with van der Waals surface area (Å²) in [5, 5.41) is 7.23. The van der Waals surface area contributed by atoms with Crippen LogP contribution in [-0.4, -0.2) is 27.1 Å². The van der Waals surface area contributed by atoms with Crippen LogP contribution in [0.2, 0.25) is 0 Å². The number of nitrogens with one attached hydrogen (secondary N) is 1.